The van der Waals surface area contributed by atoms with Crippen LogP contribution in [0, 0.1) is 6.92 Å². The van der Waals surface area contributed by atoms with Gasteiger partial charge in [-0.15, -0.1) is 0 Å². The van der Waals surface area contributed by atoms with Crippen molar-refractivity contribution in [1.29, 1.82) is 0 Å². The number of rotatable bonds is 5. The first kappa shape index (κ1) is 19.4. The van der Waals surface area contributed by atoms with Crippen LogP contribution in [-0.2, 0) is 6.42 Å². The highest BCUT2D eigenvalue weighted by Crippen LogP contribution is 2.36. The Morgan fingerprint density at radius 2 is 2.03 bits per heavy atom. The molecular weight excluding hydrogens is 416 g/mol. The van der Waals surface area contributed by atoms with Crippen LogP contribution >= 0.6 is 11.6 Å². The highest BCUT2D eigenvalue weighted by Gasteiger charge is 2.19. The Kier molecular flexibility index (Phi) is 4.95. The van der Waals surface area contributed by atoms with Gasteiger partial charge in [-0.1, -0.05) is 29.8 Å². The van der Waals surface area contributed by atoms with Gasteiger partial charge >= 0.3 is 0 Å². The van der Waals surface area contributed by atoms with E-state index in [-0.39, 0.29) is 12.7 Å². The summed E-state index contributed by atoms with van der Waals surface area (Å²) in [4.78, 5) is 17.2. The number of ether oxygens (including phenoxy) is 2. The zero-order valence-electron chi connectivity index (χ0n) is 16.8. The largest absolute Gasteiger partial charge is 0.454 e. The van der Waals surface area contributed by atoms with E-state index >= 15 is 0 Å². The number of benzene rings is 2. The molecule has 2 aromatic carbocycles. The SMILES string of the molecule is Cc1c(C(=O)NCCc2cccc(Cl)c2)cnc2c(-c3ccc4c(c3)OCO4)cnn12. The molecule has 0 fully saturated rings. The van der Waals surface area contributed by atoms with E-state index < -0.39 is 0 Å². The molecule has 0 bridgehead atoms. The van der Waals surface area contributed by atoms with Crippen LogP contribution in [0.3, 0.4) is 0 Å². The summed E-state index contributed by atoms with van der Waals surface area (Å²) in [7, 11) is 0. The van der Waals surface area contributed by atoms with Crippen molar-refractivity contribution in [2.45, 2.75) is 13.3 Å². The minimum atomic E-state index is -0.186. The zero-order valence-corrected chi connectivity index (χ0v) is 17.5. The molecule has 1 aliphatic heterocycles. The van der Waals surface area contributed by atoms with Gasteiger partial charge in [0, 0.05) is 23.3 Å². The van der Waals surface area contributed by atoms with Crippen LogP contribution in [0.5, 0.6) is 11.5 Å². The third kappa shape index (κ3) is 3.68. The van der Waals surface area contributed by atoms with Crippen molar-refractivity contribution >= 4 is 23.2 Å². The van der Waals surface area contributed by atoms with Crippen molar-refractivity contribution in [2.24, 2.45) is 0 Å². The maximum atomic E-state index is 12.7. The summed E-state index contributed by atoms with van der Waals surface area (Å²) in [6, 6.07) is 13.3. The van der Waals surface area contributed by atoms with E-state index in [9.17, 15) is 4.79 Å². The first-order valence-corrected chi connectivity index (χ1v) is 10.2. The fourth-order valence-electron chi connectivity index (χ4n) is 3.64. The van der Waals surface area contributed by atoms with Crippen molar-refractivity contribution in [2.75, 3.05) is 13.3 Å². The van der Waals surface area contributed by atoms with Gasteiger partial charge in [-0.25, -0.2) is 9.50 Å². The molecule has 8 heteroatoms. The zero-order chi connectivity index (χ0) is 21.4. The number of aryl methyl sites for hydroxylation is 1. The van der Waals surface area contributed by atoms with Crippen LogP contribution in [0.4, 0.5) is 0 Å². The molecule has 1 amide bonds. The molecule has 1 N–H and O–H groups in total. The van der Waals surface area contributed by atoms with Crippen molar-refractivity contribution in [1.82, 2.24) is 19.9 Å². The van der Waals surface area contributed by atoms with E-state index in [1.807, 2.05) is 49.4 Å². The van der Waals surface area contributed by atoms with Crippen molar-refractivity contribution in [3.63, 3.8) is 0 Å². The van der Waals surface area contributed by atoms with E-state index in [1.54, 1.807) is 16.9 Å². The van der Waals surface area contributed by atoms with Crippen molar-refractivity contribution in [3.05, 3.63) is 76.7 Å². The molecule has 1 aliphatic rings. The molecule has 5 rings (SSSR count). The van der Waals surface area contributed by atoms with Crippen LogP contribution in [0.1, 0.15) is 21.6 Å². The molecular formula is C23H19ClN4O3. The van der Waals surface area contributed by atoms with Gasteiger partial charge in [0.05, 0.1) is 17.5 Å². The van der Waals surface area contributed by atoms with Gasteiger partial charge in [0.2, 0.25) is 6.79 Å². The van der Waals surface area contributed by atoms with Gasteiger partial charge in [-0.3, -0.25) is 4.79 Å². The molecule has 0 saturated carbocycles. The molecule has 7 nitrogen and oxygen atoms in total. The average Bonchev–Trinajstić information content (AvgIpc) is 3.40. The lowest BCUT2D eigenvalue weighted by atomic mass is 10.1. The number of nitrogens with one attached hydrogen (secondary N) is 1. The van der Waals surface area contributed by atoms with E-state index in [0.717, 1.165) is 28.1 Å². The monoisotopic (exact) mass is 434 g/mol. The summed E-state index contributed by atoms with van der Waals surface area (Å²) in [5.74, 6) is 1.24. The smallest absolute Gasteiger partial charge is 0.254 e. The van der Waals surface area contributed by atoms with E-state index in [4.69, 9.17) is 21.1 Å². The topological polar surface area (TPSA) is 77.8 Å². The predicted octanol–water partition coefficient (Wildman–Crippen LogP) is 4.06. The number of carbonyl (C=O) groups is 1. The van der Waals surface area contributed by atoms with Gasteiger partial charge in [0.15, 0.2) is 17.1 Å². The fourth-order valence-corrected chi connectivity index (χ4v) is 3.86. The molecule has 3 heterocycles. The second-order valence-electron chi connectivity index (χ2n) is 7.25. The quantitative estimate of drug-likeness (QED) is 0.512. The second kappa shape index (κ2) is 7.92. The van der Waals surface area contributed by atoms with Crippen LogP contribution in [0.15, 0.2) is 54.9 Å². The third-order valence-corrected chi connectivity index (χ3v) is 5.52. The second-order valence-corrected chi connectivity index (χ2v) is 7.69. The normalized spacial score (nSPS) is 12.3. The molecule has 0 aliphatic carbocycles. The highest BCUT2D eigenvalue weighted by atomic mass is 35.5. The first-order chi connectivity index (χ1) is 15.1. The summed E-state index contributed by atoms with van der Waals surface area (Å²) in [6.07, 6.45) is 4.03. The maximum absolute atomic E-state index is 12.7. The summed E-state index contributed by atoms with van der Waals surface area (Å²) in [5.41, 5.74) is 4.72. The number of hydrogen-bond acceptors (Lipinski definition) is 5. The molecule has 0 radical (unpaired) electrons. The number of hydrogen-bond donors (Lipinski definition) is 1. The molecule has 31 heavy (non-hydrogen) atoms. The summed E-state index contributed by atoms with van der Waals surface area (Å²) >= 11 is 6.01. The third-order valence-electron chi connectivity index (χ3n) is 5.28. The Morgan fingerprint density at radius 1 is 1.16 bits per heavy atom. The Bertz CT molecular complexity index is 1300. The molecule has 0 saturated heterocycles. The van der Waals surface area contributed by atoms with Gasteiger partial charge in [0.25, 0.3) is 5.91 Å². The Morgan fingerprint density at radius 3 is 2.90 bits per heavy atom. The molecule has 0 spiro atoms. The molecule has 0 atom stereocenters. The average molecular weight is 435 g/mol. The van der Waals surface area contributed by atoms with Crippen LogP contribution in [0.25, 0.3) is 16.8 Å². The number of fused-ring (bicyclic) bond motifs is 2. The summed E-state index contributed by atoms with van der Waals surface area (Å²) < 4.78 is 12.5. The Hall–Kier alpha value is -3.58. The number of carbonyl (C=O) groups excluding carboxylic acids is 1. The van der Waals surface area contributed by atoms with Crippen LogP contribution < -0.4 is 14.8 Å². The lowest BCUT2D eigenvalue weighted by Gasteiger charge is -2.09. The maximum Gasteiger partial charge on any atom is 0.254 e. The van der Waals surface area contributed by atoms with Crippen LogP contribution in [-0.4, -0.2) is 33.8 Å². The van der Waals surface area contributed by atoms with Crippen molar-refractivity contribution in [3.8, 4) is 22.6 Å². The minimum Gasteiger partial charge on any atom is -0.454 e. The fraction of sp³-hybridized carbons (Fsp3) is 0.174. The summed E-state index contributed by atoms with van der Waals surface area (Å²) in [5, 5.41) is 8.09. The van der Waals surface area contributed by atoms with Crippen molar-refractivity contribution < 1.29 is 14.3 Å². The first-order valence-electron chi connectivity index (χ1n) is 9.86. The predicted molar refractivity (Wildman–Crippen MR) is 117 cm³/mol. The molecule has 0 unspecified atom stereocenters. The molecule has 2 aromatic heterocycles. The molecule has 156 valence electrons. The Balaban J connectivity index is 1.36. The summed E-state index contributed by atoms with van der Waals surface area (Å²) in [6.45, 7) is 2.58. The van der Waals surface area contributed by atoms with Gasteiger partial charge in [0.1, 0.15) is 0 Å². The van der Waals surface area contributed by atoms with Gasteiger partial charge in [-0.2, -0.15) is 5.10 Å². The lowest BCUT2D eigenvalue weighted by Crippen LogP contribution is -2.27. The van der Waals surface area contributed by atoms with E-state index in [2.05, 4.69) is 15.4 Å². The number of amides is 1. The lowest BCUT2D eigenvalue weighted by molar-refractivity contribution is 0.0952. The van der Waals surface area contributed by atoms with E-state index in [0.29, 0.717) is 34.9 Å². The van der Waals surface area contributed by atoms with Gasteiger partial charge in [-0.05, 0) is 48.7 Å². The number of halogens is 1. The number of nitrogens with zero attached hydrogens (tertiary/aromatic N) is 3. The highest BCUT2D eigenvalue weighted by molar-refractivity contribution is 6.30. The molecule has 4 aromatic rings. The van der Waals surface area contributed by atoms with E-state index in [1.165, 1.54) is 0 Å². The van der Waals surface area contributed by atoms with Crippen LogP contribution in [0.2, 0.25) is 5.02 Å². The number of aromatic nitrogens is 3. The Labute approximate surface area is 183 Å². The standard InChI is InChI=1S/C23H19ClN4O3/c1-14-18(23(29)25-8-7-15-3-2-4-17(24)9-15)11-26-22-19(12-27-28(14)22)16-5-6-20-21(10-16)31-13-30-20/h2-6,9-12H,7-8,13H2,1H3,(H,25,29). The minimum absolute atomic E-state index is 0.186. The van der Waals surface area contributed by atoms with Gasteiger partial charge < -0.3 is 14.8 Å².